The summed E-state index contributed by atoms with van der Waals surface area (Å²) < 4.78 is 34.5. The third kappa shape index (κ3) is 6.03. The van der Waals surface area contributed by atoms with Crippen molar-refractivity contribution in [2.24, 2.45) is 0 Å². The standard InChI is InChI=1S/C16H20O3S.C6H13N/c1-10(2)12-5-6-15-14(7-12)8-13(11(3)4)9-16(15)20(17,18)19;7-6-4-2-1-3-5-6/h5-11H,1-4H3,(H,17,18,19);6H,1-5,7H2. The number of fused-ring (bicyclic) bond motifs is 1. The lowest BCUT2D eigenvalue weighted by molar-refractivity contribution is -0.425. The quantitative estimate of drug-likeness (QED) is 0.779. The summed E-state index contributed by atoms with van der Waals surface area (Å²) >= 11 is 0. The zero-order valence-electron chi connectivity index (χ0n) is 17.0. The van der Waals surface area contributed by atoms with E-state index >= 15 is 0 Å². The van der Waals surface area contributed by atoms with Crippen molar-refractivity contribution in [3.8, 4) is 0 Å². The summed E-state index contributed by atoms with van der Waals surface area (Å²) in [6.45, 7) is 8.13. The molecule has 27 heavy (non-hydrogen) atoms. The Kier molecular flexibility index (Phi) is 7.43. The van der Waals surface area contributed by atoms with Crippen molar-refractivity contribution in [2.75, 3.05) is 0 Å². The fraction of sp³-hybridized carbons (Fsp3) is 0.545. The third-order valence-corrected chi connectivity index (χ3v) is 6.16. The summed E-state index contributed by atoms with van der Waals surface area (Å²) in [7, 11) is -4.47. The second-order valence-electron chi connectivity index (χ2n) is 8.27. The summed E-state index contributed by atoms with van der Waals surface area (Å²) in [5.74, 6) is 0.525. The molecule has 1 saturated carbocycles. The van der Waals surface area contributed by atoms with Crippen LogP contribution in [-0.2, 0) is 10.1 Å². The van der Waals surface area contributed by atoms with Crippen molar-refractivity contribution in [1.29, 1.82) is 0 Å². The molecule has 0 radical (unpaired) electrons. The number of quaternary nitrogens is 1. The molecule has 2 aromatic rings. The molecule has 0 heterocycles. The van der Waals surface area contributed by atoms with Gasteiger partial charge in [-0.3, -0.25) is 0 Å². The van der Waals surface area contributed by atoms with Gasteiger partial charge in [-0.2, -0.15) is 0 Å². The maximum absolute atomic E-state index is 11.5. The molecule has 3 N–H and O–H groups in total. The predicted octanol–water partition coefficient (Wildman–Crippen LogP) is 4.55. The monoisotopic (exact) mass is 391 g/mol. The maximum atomic E-state index is 11.5. The van der Waals surface area contributed by atoms with E-state index in [0.717, 1.165) is 22.6 Å². The summed E-state index contributed by atoms with van der Waals surface area (Å²) in [5, 5.41) is 1.32. The Hall–Kier alpha value is -1.43. The molecule has 5 heteroatoms. The molecule has 1 aliphatic rings. The summed E-state index contributed by atoms with van der Waals surface area (Å²) in [6.07, 6.45) is 7.05. The molecular formula is C22H33NO3S. The Labute approximate surface area is 163 Å². The molecule has 0 aromatic heterocycles. The minimum absolute atomic E-state index is 0.117. The molecule has 0 saturated heterocycles. The Morgan fingerprint density at radius 3 is 1.93 bits per heavy atom. The molecule has 0 atom stereocenters. The van der Waals surface area contributed by atoms with E-state index in [0.29, 0.717) is 11.3 Å². The molecular weight excluding hydrogens is 358 g/mol. The minimum Gasteiger partial charge on any atom is -0.744 e. The van der Waals surface area contributed by atoms with E-state index in [4.69, 9.17) is 0 Å². The Bertz CT molecular complexity index is 861. The molecule has 0 spiro atoms. The van der Waals surface area contributed by atoms with Gasteiger partial charge in [0.2, 0.25) is 0 Å². The third-order valence-electron chi connectivity index (χ3n) is 5.29. The highest BCUT2D eigenvalue weighted by atomic mass is 32.2. The van der Waals surface area contributed by atoms with E-state index in [1.807, 2.05) is 32.0 Å². The van der Waals surface area contributed by atoms with Crippen LogP contribution in [0, 0.1) is 0 Å². The largest absolute Gasteiger partial charge is 0.744 e. The van der Waals surface area contributed by atoms with E-state index in [2.05, 4.69) is 19.6 Å². The molecule has 0 unspecified atom stereocenters. The van der Waals surface area contributed by atoms with Gasteiger partial charge in [0.05, 0.1) is 10.9 Å². The van der Waals surface area contributed by atoms with Gasteiger partial charge in [-0.15, -0.1) is 0 Å². The van der Waals surface area contributed by atoms with E-state index < -0.39 is 10.1 Å². The Morgan fingerprint density at radius 2 is 1.48 bits per heavy atom. The lowest BCUT2D eigenvalue weighted by atomic mass is 9.95. The van der Waals surface area contributed by atoms with Crippen LogP contribution in [0.1, 0.15) is 82.8 Å². The first-order valence-corrected chi connectivity index (χ1v) is 11.4. The van der Waals surface area contributed by atoms with Crippen molar-refractivity contribution in [3.63, 3.8) is 0 Å². The molecule has 2 aromatic carbocycles. The second-order valence-corrected chi connectivity index (χ2v) is 9.62. The first-order valence-electron chi connectivity index (χ1n) is 9.96. The van der Waals surface area contributed by atoms with E-state index in [9.17, 15) is 13.0 Å². The maximum Gasteiger partial charge on any atom is 0.125 e. The van der Waals surface area contributed by atoms with Gasteiger partial charge in [-0.25, -0.2) is 8.42 Å². The fourth-order valence-electron chi connectivity index (χ4n) is 3.46. The molecule has 0 amide bonds. The topological polar surface area (TPSA) is 84.8 Å². The first-order chi connectivity index (χ1) is 12.6. The normalized spacial score (nSPS) is 15.9. The summed E-state index contributed by atoms with van der Waals surface area (Å²) in [4.78, 5) is -0.117. The second kappa shape index (κ2) is 9.18. The molecule has 0 aliphatic heterocycles. The van der Waals surface area contributed by atoms with Crippen LogP contribution in [0.3, 0.4) is 0 Å². The zero-order valence-corrected chi connectivity index (χ0v) is 17.8. The first kappa shape index (κ1) is 21.9. The lowest BCUT2D eigenvalue weighted by Crippen LogP contribution is -2.61. The van der Waals surface area contributed by atoms with Gasteiger partial charge in [0.1, 0.15) is 10.1 Å². The van der Waals surface area contributed by atoms with Crippen LogP contribution in [0.15, 0.2) is 35.2 Å². The van der Waals surface area contributed by atoms with Gasteiger partial charge in [0, 0.05) is 0 Å². The number of rotatable bonds is 3. The van der Waals surface area contributed by atoms with Gasteiger partial charge >= 0.3 is 0 Å². The van der Waals surface area contributed by atoms with Crippen LogP contribution in [0.5, 0.6) is 0 Å². The van der Waals surface area contributed by atoms with Crippen molar-refractivity contribution >= 4 is 20.9 Å². The van der Waals surface area contributed by atoms with Crippen molar-refractivity contribution in [1.82, 2.24) is 0 Å². The highest BCUT2D eigenvalue weighted by Gasteiger charge is 2.13. The van der Waals surface area contributed by atoms with Crippen LogP contribution >= 0.6 is 0 Å². The molecule has 4 nitrogen and oxygen atoms in total. The Morgan fingerprint density at radius 1 is 0.926 bits per heavy atom. The number of hydrogen-bond donors (Lipinski definition) is 1. The van der Waals surface area contributed by atoms with Crippen molar-refractivity contribution < 1.29 is 18.7 Å². The van der Waals surface area contributed by atoms with Crippen molar-refractivity contribution in [2.45, 2.75) is 82.6 Å². The predicted molar refractivity (Wildman–Crippen MR) is 110 cm³/mol. The van der Waals surface area contributed by atoms with Gasteiger partial charge < -0.3 is 10.3 Å². The van der Waals surface area contributed by atoms with Gasteiger partial charge in [0.25, 0.3) is 0 Å². The smallest absolute Gasteiger partial charge is 0.125 e. The number of hydrogen-bond acceptors (Lipinski definition) is 3. The van der Waals surface area contributed by atoms with Crippen LogP contribution in [-0.4, -0.2) is 19.0 Å². The lowest BCUT2D eigenvalue weighted by Gasteiger charge is -2.16. The molecule has 1 fully saturated rings. The van der Waals surface area contributed by atoms with Crippen LogP contribution in [0.2, 0.25) is 0 Å². The summed E-state index contributed by atoms with van der Waals surface area (Å²) in [6, 6.07) is 9.86. The molecule has 150 valence electrons. The van der Waals surface area contributed by atoms with Gasteiger partial charge in [-0.05, 0) is 65.5 Å². The molecule has 0 bridgehead atoms. The van der Waals surface area contributed by atoms with E-state index in [1.54, 1.807) is 6.07 Å². The van der Waals surface area contributed by atoms with Gasteiger partial charge in [-0.1, -0.05) is 58.4 Å². The van der Waals surface area contributed by atoms with E-state index in [1.165, 1.54) is 38.2 Å². The zero-order chi connectivity index (χ0) is 20.2. The highest BCUT2D eigenvalue weighted by molar-refractivity contribution is 7.86. The van der Waals surface area contributed by atoms with Crippen LogP contribution in [0.25, 0.3) is 10.8 Å². The summed E-state index contributed by atoms with van der Waals surface area (Å²) in [5.41, 5.74) is 6.00. The average Bonchev–Trinajstić information content (AvgIpc) is 2.60. The van der Waals surface area contributed by atoms with Crippen LogP contribution in [0.4, 0.5) is 0 Å². The Balaban J connectivity index is 0.000000313. The average molecular weight is 392 g/mol. The highest BCUT2D eigenvalue weighted by Crippen LogP contribution is 2.30. The number of benzene rings is 2. The SMILES string of the molecule is CC(C)c1ccc2c(S(=O)(=O)[O-])cc(C(C)C)cc2c1.[NH3+]C1CCCCC1. The van der Waals surface area contributed by atoms with Gasteiger partial charge in [0.15, 0.2) is 0 Å². The minimum atomic E-state index is -4.47. The molecule has 1 aliphatic carbocycles. The molecule has 3 rings (SSSR count). The van der Waals surface area contributed by atoms with Crippen molar-refractivity contribution in [3.05, 3.63) is 41.5 Å². The van der Waals surface area contributed by atoms with Crippen LogP contribution < -0.4 is 5.73 Å². The fourth-order valence-corrected chi connectivity index (χ4v) is 4.20. The van der Waals surface area contributed by atoms with E-state index in [-0.39, 0.29) is 10.8 Å².